The van der Waals surface area contributed by atoms with E-state index in [4.69, 9.17) is 9.97 Å². The number of para-hydroxylation sites is 2. The number of aromatic nitrogens is 2. The van der Waals surface area contributed by atoms with Crippen molar-refractivity contribution in [3.8, 4) is 0 Å². The Kier molecular flexibility index (Phi) is 3.49. The minimum atomic E-state index is -0.636. The van der Waals surface area contributed by atoms with Crippen molar-refractivity contribution in [2.45, 2.75) is 51.0 Å². The molecule has 2 aliphatic rings. The molecule has 0 saturated heterocycles. The van der Waals surface area contributed by atoms with Crippen LogP contribution < -0.4 is 5.32 Å². The van der Waals surface area contributed by atoms with E-state index in [1.54, 1.807) is 0 Å². The van der Waals surface area contributed by atoms with Crippen LogP contribution in [0.15, 0.2) is 54.6 Å². The molecule has 2 aromatic carbocycles. The van der Waals surface area contributed by atoms with Gasteiger partial charge >= 0.3 is 0 Å². The number of carbonyl (C=O) groups excluding carboxylic acids is 1. The third-order valence-electron chi connectivity index (χ3n) is 7.63. The zero-order valence-electron chi connectivity index (χ0n) is 16.6. The van der Waals surface area contributed by atoms with E-state index in [1.165, 1.54) is 0 Å². The molecule has 1 N–H and O–H groups in total. The molecule has 1 heterocycles. The standard InChI is InChI=1S/C24H25N3O/c1-22(2)23(3)13-14-24(22,21(28)25-15-16-9-5-4-6-10-16)20-19(23)26-17-11-7-8-12-18(17)27-20/h4-12H,13-15H2,1-3H3,(H,25,28). The van der Waals surface area contributed by atoms with Crippen molar-refractivity contribution in [3.05, 3.63) is 71.5 Å². The first-order valence-electron chi connectivity index (χ1n) is 10.0. The number of nitrogens with zero attached hydrogens (tertiary/aromatic N) is 2. The van der Waals surface area contributed by atoms with Crippen molar-refractivity contribution in [3.63, 3.8) is 0 Å². The van der Waals surface area contributed by atoms with E-state index in [0.717, 1.165) is 40.8 Å². The van der Waals surface area contributed by atoms with Gasteiger partial charge in [0, 0.05) is 12.0 Å². The Hall–Kier alpha value is -2.75. The zero-order chi connectivity index (χ0) is 19.6. The lowest BCUT2D eigenvalue weighted by Gasteiger charge is -2.39. The molecule has 4 heteroatoms. The molecule has 2 bridgehead atoms. The quantitative estimate of drug-likeness (QED) is 0.748. The molecule has 3 aromatic rings. The monoisotopic (exact) mass is 371 g/mol. The van der Waals surface area contributed by atoms with E-state index < -0.39 is 5.41 Å². The minimum absolute atomic E-state index is 0.0772. The summed E-state index contributed by atoms with van der Waals surface area (Å²) in [5.74, 6) is 0.0772. The first kappa shape index (κ1) is 17.4. The zero-order valence-corrected chi connectivity index (χ0v) is 16.6. The maximum atomic E-state index is 13.7. The number of benzene rings is 2. The number of hydrogen-bond acceptors (Lipinski definition) is 3. The second-order valence-electron chi connectivity index (χ2n) is 8.94. The largest absolute Gasteiger partial charge is 0.351 e. The lowest BCUT2D eigenvalue weighted by molar-refractivity contribution is -0.130. The number of hydrogen-bond donors (Lipinski definition) is 1. The Morgan fingerprint density at radius 2 is 1.50 bits per heavy atom. The fraction of sp³-hybridized carbons (Fsp3) is 0.375. The van der Waals surface area contributed by atoms with Crippen molar-refractivity contribution in [2.75, 3.05) is 0 Å². The highest BCUT2D eigenvalue weighted by molar-refractivity contribution is 5.92. The molecule has 0 aliphatic heterocycles. The Bertz CT molecular complexity index is 1090. The summed E-state index contributed by atoms with van der Waals surface area (Å²) in [6, 6.07) is 18.0. The van der Waals surface area contributed by atoms with Gasteiger partial charge < -0.3 is 5.32 Å². The highest BCUT2D eigenvalue weighted by Crippen LogP contribution is 2.70. The van der Waals surface area contributed by atoms with Gasteiger partial charge in [0.05, 0.1) is 27.8 Å². The molecule has 0 radical (unpaired) electrons. The van der Waals surface area contributed by atoms with Gasteiger partial charge in [0.1, 0.15) is 0 Å². The van der Waals surface area contributed by atoms with Crippen LogP contribution in [-0.2, 0) is 22.2 Å². The summed E-state index contributed by atoms with van der Waals surface area (Å²) in [4.78, 5) is 23.7. The SMILES string of the molecule is CC12CCC(C(=O)NCc3ccccc3)(c3nc4ccccc4nc31)C2(C)C. The topological polar surface area (TPSA) is 54.9 Å². The van der Waals surface area contributed by atoms with Crippen molar-refractivity contribution >= 4 is 16.9 Å². The molecule has 1 aromatic heterocycles. The first-order chi connectivity index (χ1) is 13.4. The van der Waals surface area contributed by atoms with Crippen molar-refractivity contribution < 1.29 is 4.79 Å². The average Bonchev–Trinajstić information content (AvgIpc) is 3.01. The molecule has 2 unspecified atom stereocenters. The summed E-state index contributed by atoms with van der Waals surface area (Å²) in [5, 5.41) is 3.21. The summed E-state index contributed by atoms with van der Waals surface area (Å²) in [5.41, 5.74) is 3.74. The second-order valence-corrected chi connectivity index (χ2v) is 8.94. The lowest BCUT2D eigenvalue weighted by atomic mass is 9.63. The Morgan fingerprint density at radius 3 is 2.18 bits per heavy atom. The summed E-state index contributed by atoms with van der Waals surface area (Å²) >= 11 is 0. The molecule has 4 nitrogen and oxygen atoms in total. The van der Waals surface area contributed by atoms with E-state index in [-0.39, 0.29) is 16.7 Å². The Balaban J connectivity index is 1.62. The van der Waals surface area contributed by atoms with Gasteiger partial charge in [-0.2, -0.15) is 0 Å². The van der Waals surface area contributed by atoms with Gasteiger partial charge in [0.2, 0.25) is 5.91 Å². The van der Waals surface area contributed by atoms with Crippen LogP contribution in [0.5, 0.6) is 0 Å². The molecular formula is C24H25N3O. The summed E-state index contributed by atoms with van der Waals surface area (Å²) in [7, 11) is 0. The Labute approximate surface area is 165 Å². The summed E-state index contributed by atoms with van der Waals surface area (Å²) in [6.45, 7) is 7.23. The summed E-state index contributed by atoms with van der Waals surface area (Å²) in [6.07, 6.45) is 1.77. The van der Waals surface area contributed by atoms with Crippen LogP contribution in [0.2, 0.25) is 0 Å². The molecule has 1 amide bonds. The van der Waals surface area contributed by atoms with Crippen LogP contribution in [0, 0.1) is 5.41 Å². The van der Waals surface area contributed by atoms with E-state index in [1.807, 2.05) is 54.6 Å². The fourth-order valence-electron chi connectivity index (χ4n) is 5.48. The number of fused-ring (bicyclic) bond motifs is 6. The van der Waals surface area contributed by atoms with E-state index in [0.29, 0.717) is 6.54 Å². The predicted octanol–water partition coefficient (Wildman–Crippen LogP) is 4.28. The minimum Gasteiger partial charge on any atom is -0.351 e. The number of amides is 1. The third kappa shape index (κ3) is 1.98. The number of rotatable bonds is 3. The van der Waals surface area contributed by atoms with Gasteiger partial charge in [0.25, 0.3) is 0 Å². The molecule has 2 aliphatic carbocycles. The van der Waals surface area contributed by atoms with Gasteiger partial charge in [-0.1, -0.05) is 63.2 Å². The van der Waals surface area contributed by atoms with Crippen LogP contribution in [0.1, 0.15) is 50.6 Å². The first-order valence-corrected chi connectivity index (χ1v) is 10.0. The van der Waals surface area contributed by atoms with Crippen LogP contribution >= 0.6 is 0 Å². The highest BCUT2D eigenvalue weighted by atomic mass is 16.2. The van der Waals surface area contributed by atoms with Crippen molar-refractivity contribution in [1.82, 2.24) is 15.3 Å². The normalized spacial score (nSPS) is 27.0. The molecule has 1 fully saturated rings. The van der Waals surface area contributed by atoms with E-state index in [9.17, 15) is 4.79 Å². The maximum Gasteiger partial charge on any atom is 0.233 e. The van der Waals surface area contributed by atoms with E-state index in [2.05, 4.69) is 26.1 Å². The van der Waals surface area contributed by atoms with Crippen molar-refractivity contribution in [1.29, 1.82) is 0 Å². The van der Waals surface area contributed by atoms with Gasteiger partial charge in [0.15, 0.2) is 0 Å². The van der Waals surface area contributed by atoms with Crippen LogP contribution in [-0.4, -0.2) is 15.9 Å². The average molecular weight is 371 g/mol. The third-order valence-corrected chi connectivity index (χ3v) is 7.63. The molecule has 142 valence electrons. The van der Waals surface area contributed by atoms with Crippen LogP contribution in [0.4, 0.5) is 0 Å². The molecule has 1 saturated carbocycles. The Morgan fingerprint density at radius 1 is 0.893 bits per heavy atom. The predicted molar refractivity (Wildman–Crippen MR) is 110 cm³/mol. The molecule has 5 rings (SSSR count). The van der Waals surface area contributed by atoms with Crippen LogP contribution in [0.3, 0.4) is 0 Å². The van der Waals surface area contributed by atoms with E-state index >= 15 is 0 Å². The van der Waals surface area contributed by atoms with Crippen LogP contribution in [0.25, 0.3) is 11.0 Å². The lowest BCUT2D eigenvalue weighted by Crippen LogP contribution is -2.51. The van der Waals surface area contributed by atoms with Gasteiger partial charge in [-0.3, -0.25) is 4.79 Å². The molecule has 28 heavy (non-hydrogen) atoms. The fourth-order valence-corrected chi connectivity index (χ4v) is 5.48. The summed E-state index contributed by atoms with van der Waals surface area (Å²) < 4.78 is 0. The van der Waals surface area contributed by atoms with Gasteiger partial charge in [-0.05, 0) is 36.0 Å². The number of carbonyl (C=O) groups is 1. The molecular weight excluding hydrogens is 346 g/mol. The smallest absolute Gasteiger partial charge is 0.233 e. The van der Waals surface area contributed by atoms with Gasteiger partial charge in [-0.25, -0.2) is 9.97 Å². The second kappa shape index (κ2) is 5.63. The van der Waals surface area contributed by atoms with Gasteiger partial charge in [-0.15, -0.1) is 0 Å². The van der Waals surface area contributed by atoms with Crippen molar-refractivity contribution in [2.24, 2.45) is 5.41 Å². The molecule has 2 atom stereocenters. The maximum absolute atomic E-state index is 13.7. The highest BCUT2D eigenvalue weighted by Gasteiger charge is 2.73. The number of nitrogens with one attached hydrogen (secondary N) is 1. The molecule has 0 spiro atoms.